The largest absolute Gasteiger partial charge is 0.480 e. The average Bonchev–Trinajstić information content (AvgIpc) is 2.99. The molecule has 1 aliphatic carbocycles. The molecule has 2 N–H and O–H groups in total. The molecule has 0 aromatic carbocycles. The third-order valence-corrected chi connectivity index (χ3v) is 5.48. The number of hydrogen-bond acceptors (Lipinski definition) is 3. The summed E-state index contributed by atoms with van der Waals surface area (Å²) in [5, 5.41) is 12.8. The lowest BCUT2D eigenvalue weighted by Gasteiger charge is -2.39. The van der Waals surface area contributed by atoms with Crippen molar-refractivity contribution in [3.63, 3.8) is 0 Å². The van der Waals surface area contributed by atoms with Gasteiger partial charge in [0.2, 0.25) is 5.91 Å². The van der Waals surface area contributed by atoms with Crippen molar-refractivity contribution in [2.24, 2.45) is 17.8 Å². The van der Waals surface area contributed by atoms with Crippen molar-refractivity contribution in [1.82, 2.24) is 10.2 Å². The fraction of sp³-hybridized carbons (Fsp3) is 0.867. The molecule has 3 aliphatic rings. The number of carboxylic acids is 1. The minimum Gasteiger partial charge on any atom is -0.480 e. The number of nitrogens with zero attached hydrogens (tertiary/aromatic N) is 1. The zero-order chi connectivity index (χ0) is 14.3. The summed E-state index contributed by atoms with van der Waals surface area (Å²) in [6.45, 7) is 3.45. The summed E-state index contributed by atoms with van der Waals surface area (Å²) in [6.07, 6.45) is 5.33. The first-order chi connectivity index (χ1) is 9.59. The zero-order valence-electron chi connectivity index (χ0n) is 12.0. The van der Waals surface area contributed by atoms with Crippen molar-refractivity contribution in [2.45, 2.75) is 51.1 Å². The summed E-state index contributed by atoms with van der Waals surface area (Å²) >= 11 is 0. The smallest absolute Gasteiger partial charge is 0.326 e. The Kier molecular flexibility index (Phi) is 3.71. The van der Waals surface area contributed by atoms with Crippen molar-refractivity contribution in [1.29, 1.82) is 0 Å². The number of carbonyl (C=O) groups excluding carboxylic acids is 1. The normalized spacial score (nSPS) is 40.6. The van der Waals surface area contributed by atoms with Gasteiger partial charge in [-0.1, -0.05) is 13.3 Å². The second kappa shape index (κ2) is 5.35. The van der Waals surface area contributed by atoms with Crippen molar-refractivity contribution < 1.29 is 14.7 Å². The van der Waals surface area contributed by atoms with Crippen molar-refractivity contribution >= 4 is 11.9 Å². The third kappa shape index (κ3) is 2.22. The highest BCUT2D eigenvalue weighted by Crippen LogP contribution is 2.39. The fourth-order valence-electron chi connectivity index (χ4n) is 4.45. The van der Waals surface area contributed by atoms with Crippen LogP contribution >= 0.6 is 0 Å². The topological polar surface area (TPSA) is 69.6 Å². The highest BCUT2D eigenvalue weighted by Gasteiger charge is 2.46. The Morgan fingerprint density at radius 3 is 2.75 bits per heavy atom. The molecule has 112 valence electrons. The Hall–Kier alpha value is -1.10. The molecular formula is C15H24N2O3. The molecule has 3 rings (SSSR count). The van der Waals surface area contributed by atoms with Gasteiger partial charge >= 0.3 is 5.97 Å². The lowest BCUT2D eigenvalue weighted by atomic mass is 9.88. The number of piperidine rings is 1. The molecule has 5 nitrogen and oxygen atoms in total. The number of rotatable bonds is 2. The van der Waals surface area contributed by atoms with Gasteiger partial charge in [0.15, 0.2) is 0 Å². The van der Waals surface area contributed by atoms with Crippen LogP contribution in [-0.2, 0) is 9.59 Å². The molecule has 0 radical (unpaired) electrons. The Balaban J connectivity index is 1.76. The van der Waals surface area contributed by atoms with E-state index in [0.717, 1.165) is 25.8 Å². The maximum atomic E-state index is 12.8. The molecule has 0 aromatic rings. The molecule has 5 unspecified atom stereocenters. The lowest BCUT2D eigenvalue weighted by Crippen LogP contribution is -2.57. The van der Waals surface area contributed by atoms with Gasteiger partial charge in [-0.25, -0.2) is 4.79 Å². The van der Waals surface area contributed by atoms with Gasteiger partial charge in [0, 0.05) is 6.54 Å². The van der Waals surface area contributed by atoms with Crippen molar-refractivity contribution in [3.8, 4) is 0 Å². The number of amides is 1. The Morgan fingerprint density at radius 1 is 1.20 bits per heavy atom. The van der Waals surface area contributed by atoms with Gasteiger partial charge < -0.3 is 15.3 Å². The first-order valence-corrected chi connectivity index (χ1v) is 7.86. The molecular weight excluding hydrogens is 256 g/mol. The third-order valence-electron chi connectivity index (χ3n) is 5.48. The molecule has 5 heteroatoms. The van der Waals surface area contributed by atoms with Crippen molar-refractivity contribution in [3.05, 3.63) is 0 Å². The first kappa shape index (κ1) is 13.9. The monoisotopic (exact) mass is 280 g/mol. The number of hydrogen-bond donors (Lipinski definition) is 2. The Labute approximate surface area is 119 Å². The van der Waals surface area contributed by atoms with Crippen LogP contribution in [0, 0.1) is 17.8 Å². The summed E-state index contributed by atoms with van der Waals surface area (Å²) in [6, 6.07) is -0.784. The number of fused-ring (bicyclic) bond motifs is 1. The van der Waals surface area contributed by atoms with E-state index >= 15 is 0 Å². The van der Waals surface area contributed by atoms with Crippen LogP contribution in [0.3, 0.4) is 0 Å². The highest BCUT2D eigenvalue weighted by molar-refractivity contribution is 5.88. The van der Waals surface area contributed by atoms with Gasteiger partial charge in [-0.15, -0.1) is 0 Å². The summed E-state index contributed by atoms with van der Waals surface area (Å²) in [4.78, 5) is 25.9. The molecule has 0 aromatic heterocycles. The molecule has 2 heterocycles. The van der Waals surface area contributed by atoms with E-state index in [-0.39, 0.29) is 17.9 Å². The Morgan fingerprint density at radius 2 is 2.00 bits per heavy atom. The molecule has 5 atom stereocenters. The van der Waals surface area contributed by atoms with Crippen LogP contribution in [0.5, 0.6) is 0 Å². The van der Waals surface area contributed by atoms with E-state index in [0.29, 0.717) is 18.4 Å². The van der Waals surface area contributed by atoms with Crippen molar-refractivity contribution in [2.75, 3.05) is 13.1 Å². The first-order valence-electron chi connectivity index (χ1n) is 7.86. The van der Waals surface area contributed by atoms with Crippen LogP contribution < -0.4 is 5.32 Å². The predicted octanol–water partition coefficient (Wildman–Crippen LogP) is 1.09. The maximum absolute atomic E-state index is 12.8. The molecule has 20 heavy (non-hydrogen) atoms. The molecule has 2 aliphatic heterocycles. The number of carbonyl (C=O) groups is 2. The molecule has 1 amide bonds. The van der Waals surface area contributed by atoms with E-state index in [1.165, 1.54) is 12.8 Å². The molecule has 0 spiro atoms. The van der Waals surface area contributed by atoms with Gasteiger partial charge in [0.1, 0.15) is 6.04 Å². The van der Waals surface area contributed by atoms with Gasteiger partial charge in [0.05, 0.1) is 6.04 Å². The van der Waals surface area contributed by atoms with Crippen LogP contribution in [-0.4, -0.2) is 47.1 Å². The average molecular weight is 280 g/mol. The number of carboxylic acid groups (broad SMARTS) is 1. The maximum Gasteiger partial charge on any atom is 0.326 e. The molecule has 0 bridgehead atoms. The SMILES string of the molecule is CC1CCCN(C(=O)C2NCC3CCCC32)C1C(=O)O. The van der Waals surface area contributed by atoms with Crippen LogP contribution in [0.1, 0.15) is 39.0 Å². The van der Waals surface area contributed by atoms with E-state index in [4.69, 9.17) is 0 Å². The lowest BCUT2D eigenvalue weighted by molar-refractivity contribution is -0.155. The molecule has 2 saturated heterocycles. The Bertz CT molecular complexity index is 412. The van der Waals surface area contributed by atoms with Gasteiger partial charge in [-0.05, 0) is 50.0 Å². The van der Waals surface area contributed by atoms with E-state index in [2.05, 4.69) is 5.32 Å². The second-order valence-corrected chi connectivity index (χ2v) is 6.67. The minimum atomic E-state index is -0.855. The van der Waals surface area contributed by atoms with E-state index in [9.17, 15) is 14.7 Å². The van der Waals surface area contributed by atoms with Gasteiger partial charge in [-0.2, -0.15) is 0 Å². The summed E-state index contributed by atoms with van der Waals surface area (Å²) in [7, 11) is 0. The van der Waals surface area contributed by atoms with E-state index in [1.54, 1.807) is 4.90 Å². The standard InChI is InChI=1S/C15H24N2O3/c1-9-4-3-7-17(13(9)15(19)20)14(18)12-11-6-2-5-10(11)8-16-12/h9-13,16H,2-8H2,1H3,(H,19,20). The van der Waals surface area contributed by atoms with Crippen LogP contribution in [0.4, 0.5) is 0 Å². The predicted molar refractivity (Wildman–Crippen MR) is 74.2 cm³/mol. The van der Waals surface area contributed by atoms with Gasteiger partial charge in [-0.3, -0.25) is 4.79 Å². The van der Waals surface area contributed by atoms with Gasteiger partial charge in [0.25, 0.3) is 0 Å². The number of aliphatic carboxylic acids is 1. The second-order valence-electron chi connectivity index (χ2n) is 6.67. The number of nitrogens with one attached hydrogen (secondary N) is 1. The van der Waals surface area contributed by atoms with Crippen LogP contribution in [0.15, 0.2) is 0 Å². The quantitative estimate of drug-likeness (QED) is 0.794. The minimum absolute atomic E-state index is 0.0263. The van der Waals surface area contributed by atoms with Crippen LogP contribution in [0.25, 0.3) is 0 Å². The van der Waals surface area contributed by atoms with E-state index in [1.807, 2.05) is 6.92 Å². The highest BCUT2D eigenvalue weighted by atomic mass is 16.4. The van der Waals surface area contributed by atoms with Crippen LogP contribution in [0.2, 0.25) is 0 Å². The summed E-state index contributed by atoms with van der Waals surface area (Å²) in [5.41, 5.74) is 0. The summed E-state index contributed by atoms with van der Waals surface area (Å²) < 4.78 is 0. The van der Waals surface area contributed by atoms with E-state index < -0.39 is 12.0 Å². The molecule has 3 fully saturated rings. The number of likely N-dealkylation sites (tertiary alicyclic amines) is 1. The summed E-state index contributed by atoms with van der Waals surface area (Å²) in [5.74, 6) is 0.263. The fourth-order valence-corrected chi connectivity index (χ4v) is 4.45. The molecule has 1 saturated carbocycles. The zero-order valence-corrected chi connectivity index (χ0v) is 12.0.